The molecule has 0 aliphatic heterocycles. The molecule has 0 unspecified atom stereocenters. The molecule has 20 heteroatoms. The molecule has 6 heterocycles. The Morgan fingerprint density at radius 2 is 1.11 bits per heavy atom. The van der Waals surface area contributed by atoms with E-state index in [0.29, 0.717) is 54.4 Å². The van der Waals surface area contributed by atoms with E-state index in [-0.39, 0.29) is 28.8 Å². The van der Waals surface area contributed by atoms with Gasteiger partial charge in [0.25, 0.3) is 17.0 Å². The zero-order chi connectivity index (χ0) is 39.4. The quantitative estimate of drug-likeness (QED) is 0.0918. The van der Waals surface area contributed by atoms with E-state index >= 15 is 0 Å². The van der Waals surface area contributed by atoms with Gasteiger partial charge in [0.05, 0.1) is 22.2 Å². The Morgan fingerprint density at radius 3 is 1.55 bits per heavy atom. The monoisotopic (exact) mass is 824 g/mol. The molecule has 0 aliphatic carbocycles. The molecule has 6 aromatic heterocycles. The molecular formula is C36H26Cl2N12O4S2. The van der Waals surface area contributed by atoms with Crippen LogP contribution in [0.1, 0.15) is 21.0 Å². The highest BCUT2D eigenvalue weighted by molar-refractivity contribution is 7.98. The number of anilines is 2. The molecule has 0 atom stereocenters. The highest BCUT2D eigenvalue weighted by atomic mass is 35.5. The Kier molecular flexibility index (Phi) is 11.0. The third-order valence-corrected chi connectivity index (χ3v) is 9.90. The molecule has 2 aromatic carbocycles. The minimum absolute atomic E-state index is 0.0188. The number of pyridine rings is 2. The van der Waals surface area contributed by atoms with Crippen LogP contribution in [0, 0.1) is 0 Å². The number of nitrogens with one attached hydrogen (secondary N) is 4. The third-order valence-electron chi connectivity index (χ3n) is 7.85. The largest absolute Gasteiger partial charge is 0.304 e. The van der Waals surface area contributed by atoms with E-state index < -0.39 is 20.9 Å². The Hall–Kier alpha value is -6.34. The molecule has 0 saturated heterocycles. The average molecular weight is 826 g/mol. The Bertz CT molecular complexity index is 2860. The molecule has 8 aromatic rings. The highest BCUT2D eigenvalue weighted by Gasteiger charge is 2.24. The van der Waals surface area contributed by atoms with Crippen molar-refractivity contribution < 1.29 is 18.0 Å². The van der Waals surface area contributed by atoms with E-state index in [0.717, 1.165) is 11.8 Å². The molecule has 0 fully saturated rings. The van der Waals surface area contributed by atoms with Crippen molar-refractivity contribution >= 4 is 90.3 Å². The fraction of sp³-hybridized carbons (Fsp3) is 0.0556. The number of benzene rings is 2. The number of halogens is 2. The zero-order valence-corrected chi connectivity index (χ0v) is 32.2. The van der Waals surface area contributed by atoms with E-state index in [1.54, 1.807) is 66.9 Å². The van der Waals surface area contributed by atoms with Gasteiger partial charge in [0, 0.05) is 39.8 Å². The summed E-state index contributed by atoms with van der Waals surface area (Å²) < 4.78 is 24.0. The number of aromatic amines is 2. The smallest absolute Gasteiger partial charge is 0.275 e. The average Bonchev–Trinajstić information content (AvgIpc) is 3.84. The molecule has 0 bridgehead atoms. The van der Waals surface area contributed by atoms with Gasteiger partial charge >= 0.3 is 0 Å². The first-order chi connectivity index (χ1) is 27.0. The normalized spacial score (nSPS) is 11.2. The first kappa shape index (κ1) is 38.0. The zero-order valence-electron chi connectivity index (χ0n) is 29.0. The SMILES string of the molecule is CS(=O)(=O)c1nc(NC(=O)c2ccccn2)c2c(-c3ccccc3Cl)[nH]nc2n1.CSc1nc(NC(=O)c2ccccn2)c2c(-c3ccccc3Cl)[nH]nc2n1. The van der Waals surface area contributed by atoms with Gasteiger partial charge in [-0.1, -0.05) is 83.5 Å². The lowest BCUT2D eigenvalue weighted by atomic mass is 10.1. The summed E-state index contributed by atoms with van der Waals surface area (Å²) in [6, 6.07) is 24.4. The molecule has 8 rings (SSSR count). The number of carbonyl (C=O) groups excluding carboxylic acids is 2. The van der Waals surface area contributed by atoms with Gasteiger partial charge in [-0.15, -0.1) is 0 Å². The molecule has 16 nitrogen and oxygen atoms in total. The summed E-state index contributed by atoms with van der Waals surface area (Å²) in [5.74, 6) is -0.594. The lowest BCUT2D eigenvalue weighted by Gasteiger charge is -2.09. The summed E-state index contributed by atoms with van der Waals surface area (Å²) in [6.07, 6.45) is 5.86. The van der Waals surface area contributed by atoms with Crippen LogP contribution in [0.3, 0.4) is 0 Å². The molecule has 0 aliphatic rings. The van der Waals surface area contributed by atoms with Crippen molar-refractivity contribution in [1.29, 1.82) is 0 Å². The summed E-state index contributed by atoms with van der Waals surface area (Å²) in [7, 11) is -3.75. The maximum Gasteiger partial charge on any atom is 0.275 e. The predicted octanol–water partition coefficient (Wildman–Crippen LogP) is 6.77. The van der Waals surface area contributed by atoms with E-state index in [1.165, 1.54) is 24.0 Å². The minimum Gasteiger partial charge on any atom is -0.304 e. The number of sulfone groups is 1. The van der Waals surface area contributed by atoms with Crippen LogP contribution in [-0.4, -0.2) is 83.0 Å². The van der Waals surface area contributed by atoms with Crippen LogP contribution >= 0.6 is 35.0 Å². The Labute approximate surface area is 331 Å². The first-order valence-electron chi connectivity index (χ1n) is 16.2. The van der Waals surface area contributed by atoms with Gasteiger partial charge in [-0.05, 0) is 42.7 Å². The third kappa shape index (κ3) is 8.03. The number of nitrogens with zero attached hydrogens (tertiary/aromatic N) is 8. The second-order valence-corrected chi connectivity index (χ2v) is 15.1. The molecule has 0 saturated carbocycles. The van der Waals surface area contributed by atoms with Gasteiger partial charge in [0.2, 0.25) is 9.84 Å². The summed E-state index contributed by atoms with van der Waals surface area (Å²) in [6.45, 7) is 0. The van der Waals surface area contributed by atoms with Crippen molar-refractivity contribution in [2.45, 2.75) is 10.3 Å². The van der Waals surface area contributed by atoms with Gasteiger partial charge in [0.15, 0.2) is 16.5 Å². The van der Waals surface area contributed by atoms with Crippen LogP contribution < -0.4 is 10.6 Å². The van der Waals surface area contributed by atoms with Crippen molar-refractivity contribution in [3.63, 3.8) is 0 Å². The second kappa shape index (κ2) is 16.2. The summed E-state index contributed by atoms with van der Waals surface area (Å²) in [5.41, 5.74) is 3.38. The van der Waals surface area contributed by atoms with Crippen molar-refractivity contribution in [3.05, 3.63) is 119 Å². The molecular weight excluding hydrogens is 800 g/mol. The fourth-order valence-corrected chi connectivity index (χ4v) is 6.63. The van der Waals surface area contributed by atoms with Crippen LogP contribution in [0.5, 0.6) is 0 Å². The van der Waals surface area contributed by atoms with Gasteiger partial charge < -0.3 is 10.6 Å². The lowest BCUT2D eigenvalue weighted by molar-refractivity contribution is 0.101. The maximum absolute atomic E-state index is 12.6. The van der Waals surface area contributed by atoms with Crippen LogP contribution in [0.2, 0.25) is 10.0 Å². The number of amides is 2. The molecule has 56 heavy (non-hydrogen) atoms. The molecule has 0 spiro atoms. The number of H-pyrrole nitrogens is 2. The predicted molar refractivity (Wildman–Crippen MR) is 214 cm³/mol. The number of thioether (sulfide) groups is 1. The first-order valence-corrected chi connectivity index (χ1v) is 20.1. The van der Waals surface area contributed by atoms with Crippen LogP contribution in [0.15, 0.2) is 108 Å². The lowest BCUT2D eigenvalue weighted by Crippen LogP contribution is -2.16. The van der Waals surface area contributed by atoms with E-state index in [1.807, 2.05) is 24.5 Å². The topological polar surface area (TPSA) is 227 Å². The van der Waals surface area contributed by atoms with Crippen molar-refractivity contribution in [2.75, 3.05) is 23.1 Å². The molecule has 2 amide bonds. The second-order valence-electron chi connectivity index (χ2n) is 11.6. The number of hydrogen-bond donors (Lipinski definition) is 4. The number of hydrogen-bond acceptors (Lipinski definition) is 13. The minimum atomic E-state index is -3.75. The number of fused-ring (bicyclic) bond motifs is 2. The van der Waals surface area contributed by atoms with Crippen LogP contribution in [-0.2, 0) is 9.84 Å². The van der Waals surface area contributed by atoms with E-state index in [9.17, 15) is 18.0 Å². The Morgan fingerprint density at radius 1 is 0.643 bits per heavy atom. The van der Waals surface area contributed by atoms with Gasteiger partial charge in [-0.2, -0.15) is 20.2 Å². The number of aromatic nitrogens is 10. The highest BCUT2D eigenvalue weighted by Crippen LogP contribution is 2.36. The standard InChI is InChI=1S/C18H13ClN6O3S.C18H13ClN6OS/c1-29(27,28)18-22-15(21-17(26)12-8-4-5-9-20-12)13-14(24-25-16(13)23-18)10-6-2-3-7-11(10)19;1-27-18-22-15(21-17(26)12-8-4-5-9-20-12)13-14(24-25-16(13)23-18)10-6-2-3-7-11(10)19/h2-9H,1H3,(H2,21,22,23,24,25,26);2-9H,1H3,(H2,21,22,23,24,25,26). The van der Waals surface area contributed by atoms with Gasteiger partial charge in [0.1, 0.15) is 23.0 Å². The van der Waals surface area contributed by atoms with Gasteiger partial charge in [-0.3, -0.25) is 29.8 Å². The van der Waals surface area contributed by atoms with Crippen molar-refractivity contribution in [3.8, 4) is 22.5 Å². The van der Waals surface area contributed by atoms with Crippen LogP contribution in [0.4, 0.5) is 11.6 Å². The molecule has 0 radical (unpaired) electrons. The summed E-state index contributed by atoms with van der Waals surface area (Å²) in [5, 5.41) is 21.5. The van der Waals surface area contributed by atoms with E-state index in [4.69, 9.17) is 23.2 Å². The fourth-order valence-electron chi connectivity index (χ4n) is 5.30. The van der Waals surface area contributed by atoms with Crippen LogP contribution in [0.25, 0.3) is 44.6 Å². The summed E-state index contributed by atoms with van der Waals surface area (Å²) in [4.78, 5) is 50.2. The number of carbonyl (C=O) groups is 2. The van der Waals surface area contributed by atoms with E-state index in [2.05, 4.69) is 60.9 Å². The molecule has 4 N–H and O–H groups in total. The molecule has 280 valence electrons. The summed E-state index contributed by atoms with van der Waals surface area (Å²) >= 11 is 14.0. The van der Waals surface area contributed by atoms with Crippen molar-refractivity contribution in [2.24, 2.45) is 0 Å². The van der Waals surface area contributed by atoms with Crippen molar-refractivity contribution in [1.82, 2.24) is 50.3 Å². The maximum atomic E-state index is 12.6. The number of rotatable bonds is 8. The van der Waals surface area contributed by atoms with Gasteiger partial charge in [-0.25, -0.2) is 18.4 Å². The Balaban J connectivity index is 0.000000172.